The van der Waals surface area contributed by atoms with Crippen molar-refractivity contribution in [2.45, 2.75) is 6.18 Å². The number of aromatic carboxylic acids is 1. The van der Waals surface area contributed by atoms with E-state index < -0.39 is 17.7 Å². The van der Waals surface area contributed by atoms with Crippen molar-refractivity contribution in [3.8, 4) is 0 Å². The van der Waals surface area contributed by atoms with Gasteiger partial charge in [0, 0.05) is 27.3 Å². The summed E-state index contributed by atoms with van der Waals surface area (Å²) < 4.78 is 36.1. The smallest absolute Gasteiger partial charge is 0.416 e. The second-order valence-electron chi connectivity index (χ2n) is 2.38. The maximum Gasteiger partial charge on any atom is 0.416 e. The summed E-state index contributed by atoms with van der Waals surface area (Å²) in [5.41, 5.74) is -1.32. The van der Waals surface area contributed by atoms with Crippen molar-refractivity contribution < 1.29 is 23.1 Å². The number of halogens is 3. The summed E-state index contributed by atoms with van der Waals surface area (Å²) in [6.07, 6.45) is -4.49. The molecular weight excluding hydrogens is 389 g/mol. The van der Waals surface area contributed by atoms with Crippen LogP contribution in [0.4, 0.5) is 13.2 Å². The first-order valence-corrected chi connectivity index (χ1v) is 3.32. The number of hydrogen-bond donors (Lipinski definition) is 1. The zero-order valence-corrected chi connectivity index (χ0v) is 11.4. The number of carbonyl (C=O) groups is 1. The molecule has 0 saturated carbocycles. The predicted molar refractivity (Wildman–Crippen MR) is 44.2 cm³/mol. The maximum absolute atomic E-state index is 12.0. The zero-order valence-electron chi connectivity index (χ0n) is 6.88. The van der Waals surface area contributed by atoms with Crippen LogP contribution in [0.2, 0.25) is 0 Å². The Morgan fingerprint density at radius 3 is 2.29 bits per heavy atom. The van der Waals surface area contributed by atoms with Crippen LogP contribution in [0.3, 0.4) is 0 Å². The second-order valence-corrected chi connectivity index (χ2v) is 2.38. The summed E-state index contributed by atoms with van der Waals surface area (Å²) in [7, 11) is 0. The van der Waals surface area contributed by atoms with Gasteiger partial charge in [0.1, 0.15) is 0 Å². The van der Waals surface area contributed by atoms with Gasteiger partial charge in [-0.1, -0.05) is 6.07 Å². The third-order valence-corrected chi connectivity index (χ3v) is 1.44. The van der Waals surface area contributed by atoms with Gasteiger partial charge in [-0.3, -0.25) is 0 Å². The van der Waals surface area contributed by atoms with E-state index >= 15 is 0 Å². The van der Waals surface area contributed by atoms with Gasteiger partial charge < -0.3 is 5.11 Å². The molecule has 0 aliphatic heterocycles. The minimum Gasteiger partial charge on any atom is -0.478 e. The Bertz CT molecular complexity index is 336. The fourth-order valence-electron chi connectivity index (χ4n) is 0.829. The zero-order chi connectivity index (χ0) is 10.1. The molecule has 14 heavy (non-hydrogen) atoms. The van der Waals surface area contributed by atoms with Gasteiger partial charge in [0.05, 0.1) is 11.1 Å². The Labute approximate surface area is 97.9 Å². The second kappa shape index (κ2) is 4.76. The molecule has 0 aliphatic carbocycles. The molecule has 0 amide bonds. The van der Waals surface area contributed by atoms with E-state index in [0.717, 1.165) is 18.2 Å². The molecule has 2 nitrogen and oxygen atoms in total. The van der Waals surface area contributed by atoms with Crippen LogP contribution in [0.1, 0.15) is 15.9 Å². The van der Waals surface area contributed by atoms with Crippen LogP contribution in [-0.4, -0.2) is 38.4 Å². The summed E-state index contributed by atoms with van der Waals surface area (Å²) in [5.74, 6) is -1.37. The predicted octanol–water partition coefficient (Wildman–Crippen LogP) is 2.02. The Morgan fingerprint density at radius 1 is 1.29 bits per heavy atom. The van der Waals surface area contributed by atoms with Crippen molar-refractivity contribution in [1.29, 1.82) is 0 Å². The number of rotatable bonds is 1. The molecule has 0 aromatic heterocycles. The van der Waals surface area contributed by atoms with E-state index in [1.165, 1.54) is 0 Å². The van der Waals surface area contributed by atoms with Crippen molar-refractivity contribution in [2.75, 3.05) is 0 Å². The van der Waals surface area contributed by atoms with Crippen molar-refractivity contribution in [3.63, 3.8) is 0 Å². The topological polar surface area (TPSA) is 37.3 Å². The maximum atomic E-state index is 12.0. The van der Waals surface area contributed by atoms with Gasteiger partial charge in [-0.15, -0.1) is 0 Å². The van der Waals surface area contributed by atoms with E-state index in [0.29, 0.717) is 6.07 Å². The number of benzene rings is 1. The standard InChI is InChI=1S/C8H5F3O2.Tl/c9-8(10,11)6-3-1-2-5(4-6)7(12)13;/h1-4H,(H,12,13);. The third kappa shape index (κ3) is 3.28. The monoisotopic (exact) mass is 395 g/mol. The molecule has 73 valence electrons. The fourth-order valence-corrected chi connectivity index (χ4v) is 0.829. The quantitative estimate of drug-likeness (QED) is 0.740. The molecule has 0 saturated heterocycles. The Balaban J connectivity index is 0.00000169. The summed E-state index contributed by atoms with van der Waals surface area (Å²) in [6, 6.07) is 3.60. The van der Waals surface area contributed by atoms with Gasteiger partial charge in [-0.25, -0.2) is 4.79 Å². The van der Waals surface area contributed by atoms with Crippen LogP contribution in [0.25, 0.3) is 0 Å². The summed E-state index contributed by atoms with van der Waals surface area (Å²) >= 11 is 0. The molecule has 6 heteroatoms. The van der Waals surface area contributed by atoms with Gasteiger partial charge in [-0.2, -0.15) is 13.2 Å². The van der Waals surface area contributed by atoms with Crippen LogP contribution < -0.4 is 0 Å². The van der Waals surface area contributed by atoms with E-state index in [9.17, 15) is 18.0 Å². The molecule has 1 aromatic rings. The summed E-state index contributed by atoms with van der Waals surface area (Å²) in [4.78, 5) is 10.3. The van der Waals surface area contributed by atoms with Crippen LogP contribution in [-0.2, 0) is 6.18 Å². The van der Waals surface area contributed by atoms with Crippen LogP contribution in [0, 0.1) is 0 Å². The average Bonchev–Trinajstić information content (AvgIpc) is 2.03. The van der Waals surface area contributed by atoms with Crippen molar-refractivity contribution in [1.82, 2.24) is 0 Å². The van der Waals surface area contributed by atoms with Crippen LogP contribution >= 0.6 is 0 Å². The van der Waals surface area contributed by atoms with Crippen LogP contribution in [0.5, 0.6) is 0 Å². The fraction of sp³-hybridized carbons (Fsp3) is 0.125. The first-order valence-electron chi connectivity index (χ1n) is 3.32. The largest absolute Gasteiger partial charge is 0.478 e. The summed E-state index contributed by atoms with van der Waals surface area (Å²) in [5, 5.41) is 8.41. The number of alkyl halides is 3. The molecule has 0 bridgehead atoms. The molecule has 0 fully saturated rings. The summed E-state index contributed by atoms with van der Waals surface area (Å²) in [6.45, 7) is 0. The molecule has 0 atom stereocenters. The van der Waals surface area contributed by atoms with E-state index in [2.05, 4.69) is 0 Å². The molecular formula is C8H5F3O2Tl. The van der Waals surface area contributed by atoms with Crippen molar-refractivity contribution >= 4 is 33.3 Å². The van der Waals surface area contributed by atoms with Crippen molar-refractivity contribution in [3.05, 3.63) is 35.4 Å². The minimum absolute atomic E-state index is 0. The normalized spacial score (nSPS) is 10.5. The molecule has 1 rings (SSSR count). The molecule has 0 spiro atoms. The molecule has 1 aromatic carbocycles. The number of hydrogen-bond acceptors (Lipinski definition) is 1. The number of carboxylic acids is 1. The van der Waals surface area contributed by atoms with Gasteiger partial charge in [0.15, 0.2) is 0 Å². The Morgan fingerprint density at radius 2 is 1.86 bits per heavy atom. The molecule has 1 radical (unpaired) electrons. The molecule has 0 unspecified atom stereocenters. The van der Waals surface area contributed by atoms with E-state index in [-0.39, 0.29) is 32.9 Å². The minimum atomic E-state index is -4.49. The van der Waals surface area contributed by atoms with Crippen molar-refractivity contribution in [2.24, 2.45) is 0 Å². The van der Waals surface area contributed by atoms with Gasteiger partial charge in [-0.05, 0) is 18.2 Å². The van der Waals surface area contributed by atoms with E-state index in [1.807, 2.05) is 0 Å². The Hall–Kier alpha value is -0.598. The van der Waals surface area contributed by atoms with Gasteiger partial charge >= 0.3 is 12.1 Å². The van der Waals surface area contributed by atoms with Crippen LogP contribution in [0.15, 0.2) is 24.3 Å². The first-order chi connectivity index (χ1) is 5.91. The average molecular weight is 395 g/mol. The molecule has 0 aliphatic rings. The van der Waals surface area contributed by atoms with E-state index in [4.69, 9.17) is 5.11 Å². The number of carboxylic acid groups (broad SMARTS) is 1. The SMILES string of the molecule is O=C(O)c1cccc(C(F)(F)F)c1.[Tl]. The van der Waals surface area contributed by atoms with Gasteiger partial charge in [0.2, 0.25) is 0 Å². The third-order valence-electron chi connectivity index (χ3n) is 1.44. The van der Waals surface area contributed by atoms with E-state index in [1.54, 1.807) is 0 Å². The Kier molecular flexibility index (Phi) is 4.56. The first kappa shape index (κ1) is 13.4. The molecule has 1 N–H and O–H groups in total. The van der Waals surface area contributed by atoms with Gasteiger partial charge in [0.25, 0.3) is 0 Å². The molecule has 0 heterocycles.